The van der Waals surface area contributed by atoms with Crippen molar-refractivity contribution in [2.75, 3.05) is 26.6 Å². The number of anilines is 1. The first kappa shape index (κ1) is 24.3. The van der Waals surface area contributed by atoms with Crippen LogP contribution in [0.15, 0.2) is 18.2 Å². The molecule has 0 fully saturated rings. The fourth-order valence-electron chi connectivity index (χ4n) is 2.89. The summed E-state index contributed by atoms with van der Waals surface area (Å²) in [6.45, 7) is 5.73. The number of carbonyl (C=O) groups excluding carboxylic acids is 3. The van der Waals surface area contributed by atoms with Gasteiger partial charge < -0.3 is 24.8 Å². The number of ether oxygens (including phenoxy) is 3. The summed E-state index contributed by atoms with van der Waals surface area (Å²) >= 11 is 0. The van der Waals surface area contributed by atoms with Crippen LogP contribution >= 0.6 is 0 Å². The van der Waals surface area contributed by atoms with E-state index in [1.54, 1.807) is 32.2 Å². The minimum Gasteiger partial charge on any atom is -0.497 e. The van der Waals surface area contributed by atoms with Crippen molar-refractivity contribution in [2.45, 2.75) is 46.1 Å². The van der Waals surface area contributed by atoms with Crippen LogP contribution in [0.4, 0.5) is 5.69 Å². The van der Waals surface area contributed by atoms with E-state index >= 15 is 0 Å². The van der Waals surface area contributed by atoms with E-state index in [1.165, 1.54) is 14.2 Å². The van der Waals surface area contributed by atoms with Crippen LogP contribution < -0.4 is 20.1 Å². The first-order valence-corrected chi connectivity index (χ1v) is 9.59. The Morgan fingerprint density at radius 1 is 0.966 bits per heavy atom. The maximum atomic E-state index is 12.3. The minimum absolute atomic E-state index is 0.124. The van der Waals surface area contributed by atoms with Gasteiger partial charge in [-0.15, -0.1) is 0 Å². The molecule has 0 spiro atoms. The van der Waals surface area contributed by atoms with Crippen LogP contribution in [-0.2, 0) is 19.1 Å². The second kappa shape index (κ2) is 11.9. The number of esters is 1. The van der Waals surface area contributed by atoms with E-state index in [0.29, 0.717) is 23.6 Å². The number of hydrogen-bond donors (Lipinski definition) is 2. The third-order valence-electron chi connectivity index (χ3n) is 4.28. The summed E-state index contributed by atoms with van der Waals surface area (Å²) in [5.41, 5.74) is 0.526. The molecule has 2 N–H and O–H groups in total. The topological polar surface area (TPSA) is 103 Å². The van der Waals surface area contributed by atoms with E-state index in [9.17, 15) is 14.4 Å². The van der Waals surface area contributed by atoms with Crippen LogP contribution in [0, 0.1) is 11.8 Å². The molecule has 0 saturated carbocycles. The molecule has 0 aliphatic carbocycles. The average Bonchev–Trinajstić information content (AvgIpc) is 2.66. The molecule has 1 rings (SSSR count). The Morgan fingerprint density at radius 3 is 2.17 bits per heavy atom. The molecule has 8 heteroatoms. The fraction of sp³-hybridized carbons (Fsp3) is 0.571. The largest absolute Gasteiger partial charge is 0.497 e. The molecule has 8 nitrogen and oxygen atoms in total. The quantitative estimate of drug-likeness (QED) is 0.546. The number of rotatable bonds is 11. The molecule has 1 aromatic carbocycles. The zero-order chi connectivity index (χ0) is 22.0. The summed E-state index contributed by atoms with van der Waals surface area (Å²) < 4.78 is 15.1. The van der Waals surface area contributed by atoms with E-state index < -0.39 is 12.0 Å². The predicted octanol–water partition coefficient (Wildman–Crippen LogP) is 2.76. The van der Waals surface area contributed by atoms with Crippen LogP contribution in [0.5, 0.6) is 11.5 Å². The summed E-state index contributed by atoms with van der Waals surface area (Å²) in [5, 5.41) is 5.49. The molecule has 0 radical (unpaired) electrons. The Balaban J connectivity index is 2.60. The zero-order valence-electron chi connectivity index (χ0n) is 18.0. The lowest BCUT2D eigenvalue weighted by molar-refractivity contribution is -0.145. The maximum Gasteiger partial charge on any atom is 0.328 e. The second-order valence-corrected chi connectivity index (χ2v) is 7.40. The first-order valence-electron chi connectivity index (χ1n) is 9.59. The summed E-state index contributed by atoms with van der Waals surface area (Å²) in [4.78, 5) is 36.5. The lowest BCUT2D eigenvalue weighted by Crippen LogP contribution is -2.42. The van der Waals surface area contributed by atoms with Crippen LogP contribution in [0.1, 0.15) is 40.0 Å². The highest BCUT2D eigenvalue weighted by Gasteiger charge is 2.24. The van der Waals surface area contributed by atoms with Crippen LogP contribution in [0.3, 0.4) is 0 Å². The van der Waals surface area contributed by atoms with Crippen molar-refractivity contribution in [1.29, 1.82) is 0 Å². The number of carbonyl (C=O) groups is 3. The molecule has 0 saturated heterocycles. The average molecular weight is 408 g/mol. The normalized spacial score (nSPS) is 12.7. The standard InChI is InChI=1S/C21H32N2O6/c1-13(2)9-17(21(26)29-6)23-20(25)11-14(3)10-19(24)22-16-8-7-15(27-4)12-18(16)28-5/h7-8,12-14,17H,9-11H2,1-6H3,(H,22,24)(H,23,25)/t14-,17+/m1/s1. The number of nitrogens with one attached hydrogen (secondary N) is 2. The van der Waals surface area contributed by atoms with Crippen molar-refractivity contribution in [2.24, 2.45) is 11.8 Å². The van der Waals surface area contributed by atoms with Gasteiger partial charge in [0.15, 0.2) is 0 Å². The number of hydrogen-bond acceptors (Lipinski definition) is 6. The van der Waals surface area contributed by atoms with Crippen LogP contribution in [0.2, 0.25) is 0 Å². The molecule has 0 heterocycles. The van der Waals surface area contributed by atoms with E-state index in [2.05, 4.69) is 10.6 Å². The van der Waals surface area contributed by atoms with E-state index in [0.717, 1.165) is 0 Å². The van der Waals surface area contributed by atoms with Crippen molar-refractivity contribution < 1.29 is 28.6 Å². The highest BCUT2D eigenvalue weighted by Crippen LogP contribution is 2.29. The second-order valence-electron chi connectivity index (χ2n) is 7.40. The minimum atomic E-state index is -0.683. The van der Waals surface area contributed by atoms with Gasteiger partial charge in [-0.25, -0.2) is 4.79 Å². The van der Waals surface area contributed by atoms with Gasteiger partial charge in [-0.2, -0.15) is 0 Å². The summed E-state index contributed by atoms with van der Waals surface area (Å²) in [6, 6.07) is 4.40. The van der Waals surface area contributed by atoms with E-state index in [1.807, 2.05) is 13.8 Å². The number of methoxy groups -OCH3 is 3. The van der Waals surface area contributed by atoms with Gasteiger partial charge in [0, 0.05) is 18.9 Å². The smallest absolute Gasteiger partial charge is 0.328 e. The van der Waals surface area contributed by atoms with Crippen molar-refractivity contribution in [3.63, 3.8) is 0 Å². The predicted molar refractivity (Wildman–Crippen MR) is 110 cm³/mol. The van der Waals surface area contributed by atoms with Gasteiger partial charge >= 0.3 is 5.97 Å². The lowest BCUT2D eigenvalue weighted by Gasteiger charge is -2.19. The lowest BCUT2D eigenvalue weighted by atomic mass is 10.0. The van der Waals surface area contributed by atoms with Gasteiger partial charge in [-0.1, -0.05) is 20.8 Å². The van der Waals surface area contributed by atoms with Crippen LogP contribution in [-0.4, -0.2) is 45.2 Å². The monoisotopic (exact) mass is 408 g/mol. The van der Waals surface area contributed by atoms with Crippen molar-refractivity contribution in [3.05, 3.63) is 18.2 Å². The molecular weight excluding hydrogens is 376 g/mol. The summed E-state index contributed by atoms with van der Waals surface area (Å²) in [7, 11) is 4.35. The van der Waals surface area contributed by atoms with Gasteiger partial charge in [-0.05, 0) is 30.4 Å². The zero-order valence-corrected chi connectivity index (χ0v) is 18.0. The molecule has 0 aromatic heterocycles. The Morgan fingerprint density at radius 2 is 1.62 bits per heavy atom. The van der Waals surface area contributed by atoms with Crippen molar-refractivity contribution in [3.8, 4) is 11.5 Å². The third kappa shape index (κ3) is 8.41. The maximum absolute atomic E-state index is 12.3. The molecule has 1 aromatic rings. The van der Waals surface area contributed by atoms with Crippen molar-refractivity contribution in [1.82, 2.24) is 5.32 Å². The van der Waals surface area contributed by atoms with Gasteiger partial charge in [0.1, 0.15) is 17.5 Å². The SMILES string of the molecule is COC(=O)[C@H](CC(C)C)NC(=O)C[C@H](C)CC(=O)Nc1ccc(OC)cc1OC. The molecule has 162 valence electrons. The Kier molecular flexibility index (Phi) is 9.99. The molecule has 0 unspecified atom stereocenters. The first-order chi connectivity index (χ1) is 13.7. The number of benzene rings is 1. The molecule has 29 heavy (non-hydrogen) atoms. The Labute approximate surface area is 172 Å². The van der Waals surface area contributed by atoms with E-state index in [-0.39, 0.29) is 36.5 Å². The molecular formula is C21H32N2O6. The third-order valence-corrected chi connectivity index (χ3v) is 4.28. The molecule has 0 bridgehead atoms. The molecule has 2 amide bonds. The van der Waals surface area contributed by atoms with Crippen molar-refractivity contribution >= 4 is 23.5 Å². The molecule has 0 aliphatic heterocycles. The van der Waals surface area contributed by atoms with Gasteiger partial charge in [-0.3, -0.25) is 9.59 Å². The van der Waals surface area contributed by atoms with Gasteiger partial charge in [0.05, 0.1) is 27.0 Å². The Bertz CT molecular complexity index is 704. The summed E-state index contributed by atoms with van der Waals surface area (Å²) in [6.07, 6.45) is 0.763. The fourth-order valence-corrected chi connectivity index (χ4v) is 2.89. The highest BCUT2D eigenvalue weighted by atomic mass is 16.5. The van der Waals surface area contributed by atoms with Gasteiger partial charge in [0.25, 0.3) is 0 Å². The molecule has 0 aliphatic rings. The summed E-state index contributed by atoms with van der Waals surface area (Å²) in [5.74, 6) is 0.121. The van der Waals surface area contributed by atoms with Gasteiger partial charge in [0.2, 0.25) is 11.8 Å². The highest BCUT2D eigenvalue weighted by molar-refractivity contribution is 5.93. The number of amides is 2. The Hall–Kier alpha value is -2.77. The molecule has 2 atom stereocenters. The van der Waals surface area contributed by atoms with E-state index in [4.69, 9.17) is 14.2 Å². The van der Waals surface area contributed by atoms with Crippen LogP contribution in [0.25, 0.3) is 0 Å².